The maximum Gasteiger partial charge on any atom is 0.126 e. The summed E-state index contributed by atoms with van der Waals surface area (Å²) < 4.78 is 13.2. The Hall–Kier alpha value is -0.890. The van der Waals surface area contributed by atoms with Crippen molar-refractivity contribution < 1.29 is 4.39 Å². The largest absolute Gasteiger partial charge is 0.299 e. The highest BCUT2D eigenvalue weighted by molar-refractivity contribution is 5.23. The van der Waals surface area contributed by atoms with E-state index in [9.17, 15) is 4.39 Å². The molecule has 0 aliphatic carbocycles. The minimum Gasteiger partial charge on any atom is -0.299 e. The van der Waals surface area contributed by atoms with Crippen molar-refractivity contribution in [2.45, 2.75) is 40.2 Å². The lowest BCUT2D eigenvalue weighted by atomic mass is 10.1. The third-order valence-electron chi connectivity index (χ3n) is 2.84. The quantitative estimate of drug-likeness (QED) is 0.738. The molecule has 16 heavy (non-hydrogen) atoms. The lowest BCUT2D eigenvalue weighted by Gasteiger charge is -2.14. The van der Waals surface area contributed by atoms with Crippen LogP contribution >= 0.6 is 0 Å². The van der Waals surface area contributed by atoms with Crippen molar-refractivity contribution in [1.82, 2.24) is 4.90 Å². The van der Waals surface area contributed by atoms with Crippen LogP contribution < -0.4 is 0 Å². The molecule has 90 valence electrons. The summed E-state index contributed by atoms with van der Waals surface area (Å²) >= 11 is 0. The molecule has 0 N–H and O–H groups in total. The van der Waals surface area contributed by atoms with E-state index in [4.69, 9.17) is 0 Å². The molecule has 0 aromatic heterocycles. The fraction of sp³-hybridized carbons (Fsp3) is 0.571. The van der Waals surface area contributed by atoms with Crippen molar-refractivity contribution in [3.05, 3.63) is 35.1 Å². The molecule has 1 heterocycles. The van der Waals surface area contributed by atoms with Gasteiger partial charge in [-0.1, -0.05) is 26.0 Å². The van der Waals surface area contributed by atoms with E-state index >= 15 is 0 Å². The van der Waals surface area contributed by atoms with Crippen molar-refractivity contribution >= 4 is 0 Å². The molecule has 1 saturated heterocycles. The molecule has 1 aliphatic heterocycles. The summed E-state index contributed by atoms with van der Waals surface area (Å²) in [6.07, 6.45) is 2.57. The van der Waals surface area contributed by atoms with Crippen LogP contribution in [0.2, 0.25) is 0 Å². The first-order valence-electron chi connectivity index (χ1n) is 6.23. The third kappa shape index (κ3) is 3.60. The predicted molar refractivity (Wildman–Crippen MR) is 67.0 cm³/mol. The molecule has 1 aromatic rings. The first-order chi connectivity index (χ1) is 7.75. The number of hydrogen-bond acceptors (Lipinski definition) is 1. The van der Waals surface area contributed by atoms with Crippen LogP contribution in [-0.4, -0.2) is 18.0 Å². The Kier molecular flexibility index (Phi) is 5.47. The Morgan fingerprint density at radius 2 is 1.81 bits per heavy atom. The van der Waals surface area contributed by atoms with Gasteiger partial charge in [-0.25, -0.2) is 4.39 Å². The van der Waals surface area contributed by atoms with Gasteiger partial charge in [-0.3, -0.25) is 4.90 Å². The maximum atomic E-state index is 13.2. The van der Waals surface area contributed by atoms with E-state index in [1.54, 1.807) is 13.0 Å². The molecule has 0 amide bonds. The lowest BCUT2D eigenvalue weighted by Crippen LogP contribution is -2.18. The lowest BCUT2D eigenvalue weighted by molar-refractivity contribution is 0.331. The Bertz CT molecular complexity index is 317. The molecule has 1 aliphatic rings. The van der Waals surface area contributed by atoms with Gasteiger partial charge >= 0.3 is 0 Å². The van der Waals surface area contributed by atoms with Gasteiger partial charge in [0.25, 0.3) is 0 Å². The van der Waals surface area contributed by atoms with E-state index in [1.807, 2.05) is 26.0 Å². The van der Waals surface area contributed by atoms with Crippen molar-refractivity contribution in [3.63, 3.8) is 0 Å². The third-order valence-corrected chi connectivity index (χ3v) is 2.84. The van der Waals surface area contributed by atoms with Gasteiger partial charge in [-0.2, -0.15) is 0 Å². The number of aryl methyl sites for hydroxylation is 1. The normalized spacial score (nSPS) is 15.8. The Morgan fingerprint density at radius 3 is 2.38 bits per heavy atom. The van der Waals surface area contributed by atoms with Crippen molar-refractivity contribution in [1.29, 1.82) is 0 Å². The zero-order chi connectivity index (χ0) is 12.0. The summed E-state index contributed by atoms with van der Waals surface area (Å²) in [6.45, 7) is 9.02. The van der Waals surface area contributed by atoms with E-state index in [2.05, 4.69) is 4.90 Å². The second kappa shape index (κ2) is 6.64. The number of rotatable bonds is 2. The topological polar surface area (TPSA) is 3.24 Å². The molecular formula is C14H22FN. The highest BCUT2D eigenvalue weighted by Gasteiger charge is 2.11. The summed E-state index contributed by atoms with van der Waals surface area (Å²) in [7, 11) is 0. The first kappa shape index (κ1) is 13.2. The zero-order valence-electron chi connectivity index (χ0n) is 10.6. The second-order valence-corrected chi connectivity index (χ2v) is 4.07. The molecule has 0 unspecified atom stereocenters. The number of halogens is 1. The number of benzene rings is 1. The molecular weight excluding hydrogens is 201 g/mol. The fourth-order valence-corrected chi connectivity index (χ4v) is 1.93. The first-order valence-corrected chi connectivity index (χ1v) is 6.23. The number of likely N-dealkylation sites (tertiary alicyclic amines) is 1. The summed E-state index contributed by atoms with van der Waals surface area (Å²) in [6, 6.07) is 5.55. The van der Waals surface area contributed by atoms with E-state index in [-0.39, 0.29) is 5.82 Å². The summed E-state index contributed by atoms with van der Waals surface area (Å²) in [5.41, 5.74) is 1.82. The summed E-state index contributed by atoms with van der Waals surface area (Å²) in [5.74, 6) is -0.0818. The molecule has 2 rings (SSSR count). The SMILES string of the molecule is CC.Cc1ccc(CN2CCCC2)cc1F. The van der Waals surface area contributed by atoms with Crippen molar-refractivity contribution in [2.24, 2.45) is 0 Å². The van der Waals surface area contributed by atoms with Gasteiger partial charge in [-0.05, 0) is 50.0 Å². The van der Waals surface area contributed by atoms with Crippen LogP contribution in [0.4, 0.5) is 4.39 Å². The standard InChI is InChI=1S/C12H16FN.C2H6/c1-10-4-5-11(8-12(10)13)9-14-6-2-3-7-14;1-2/h4-5,8H,2-3,6-7,9H2,1H3;1-2H3. The minimum absolute atomic E-state index is 0.0818. The van der Waals surface area contributed by atoms with Crippen LogP contribution in [0, 0.1) is 12.7 Å². The van der Waals surface area contributed by atoms with Gasteiger partial charge in [0, 0.05) is 6.54 Å². The number of nitrogens with zero attached hydrogens (tertiary/aromatic N) is 1. The van der Waals surface area contributed by atoms with Gasteiger partial charge in [0.2, 0.25) is 0 Å². The molecule has 0 saturated carbocycles. The van der Waals surface area contributed by atoms with Crippen LogP contribution in [0.5, 0.6) is 0 Å². The number of hydrogen-bond donors (Lipinski definition) is 0. The van der Waals surface area contributed by atoms with Crippen molar-refractivity contribution in [2.75, 3.05) is 13.1 Å². The van der Waals surface area contributed by atoms with Crippen LogP contribution in [0.25, 0.3) is 0 Å². The smallest absolute Gasteiger partial charge is 0.126 e. The molecule has 0 bridgehead atoms. The Labute approximate surface area is 98.3 Å². The molecule has 1 nitrogen and oxygen atoms in total. The monoisotopic (exact) mass is 223 g/mol. The summed E-state index contributed by atoms with van der Waals surface area (Å²) in [5, 5.41) is 0. The van der Waals surface area contributed by atoms with E-state index < -0.39 is 0 Å². The average Bonchev–Trinajstić information content (AvgIpc) is 2.79. The van der Waals surface area contributed by atoms with Gasteiger partial charge < -0.3 is 0 Å². The Morgan fingerprint density at radius 1 is 1.19 bits per heavy atom. The minimum atomic E-state index is -0.0818. The van der Waals surface area contributed by atoms with E-state index in [1.165, 1.54) is 12.8 Å². The van der Waals surface area contributed by atoms with Gasteiger partial charge in [0.15, 0.2) is 0 Å². The maximum absolute atomic E-state index is 13.2. The highest BCUT2D eigenvalue weighted by atomic mass is 19.1. The molecule has 1 fully saturated rings. The Balaban J connectivity index is 0.000000606. The van der Waals surface area contributed by atoms with Gasteiger partial charge in [-0.15, -0.1) is 0 Å². The molecule has 0 spiro atoms. The molecule has 2 heteroatoms. The van der Waals surface area contributed by atoms with Crippen LogP contribution in [-0.2, 0) is 6.54 Å². The highest BCUT2D eigenvalue weighted by Crippen LogP contribution is 2.15. The second-order valence-electron chi connectivity index (χ2n) is 4.07. The van der Waals surface area contributed by atoms with E-state index in [0.29, 0.717) is 0 Å². The van der Waals surface area contributed by atoms with Crippen LogP contribution in [0.1, 0.15) is 37.8 Å². The van der Waals surface area contributed by atoms with Crippen LogP contribution in [0.3, 0.4) is 0 Å². The van der Waals surface area contributed by atoms with Crippen LogP contribution in [0.15, 0.2) is 18.2 Å². The van der Waals surface area contributed by atoms with Gasteiger partial charge in [0.1, 0.15) is 5.82 Å². The molecule has 1 aromatic carbocycles. The zero-order valence-corrected chi connectivity index (χ0v) is 10.6. The molecule has 0 atom stereocenters. The molecule has 0 radical (unpaired) electrons. The average molecular weight is 223 g/mol. The fourth-order valence-electron chi connectivity index (χ4n) is 1.93. The van der Waals surface area contributed by atoms with Crippen molar-refractivity contribution in [3.8, 4) is 0 Å². The van der Waals surface area contributed by atoms with E-state index in [0.717, 1.165) is 30.8 Å². The predicted octanol–water partition coefficient (Wildman–Crippen LogP) is 3.76. The van der Waals surface area contributed by atoms with Gasteiger partial charge in [0.05, 0.1) is 0 Å². The summed E-state index contributed by atoms with van der Waals surface area (Å²) in [4.78, 5) is 2.38.